The topological polar surface area (TPSA) is 46.9 Å². The third-order valence-electron chi connectivity index (χ3n) is 3.52. The normalized spacial score (nSPS) is 10.7. The molecule has 0 bridgehead atoms. The molecule has 0 saturated heterocycles. The summed E-state index contributed by atoms with van der Waals surface area (Å²) in [6, 6.07) is 16.1. The van der Waals surface area contributed by atoms with Gasteiger partial charge in [0.25, 0.3) is 0 Å². The van der Waals surface area contributed by atoms with Gasteiger partial charge in [-0.15, -0.1) is 11.3 Å². The molecule has 1 aromatic carbocycles. The number of nitrogens with one attached hydrogen (secondary N) is 1. The zero-order chi connectivity index (χ0) is 16.1. The molecule has 0 spiro atoms. The van der Waals surface area contributed by atoms with Gasteiger partial charge in [0.2, 0.25) is 5.91 Å². The van der Waals surface area contributed by atoms with Crippen LogP contribution in [0.4, 0.5) is 5.82 Å². The highest BCUT2D eigenvalue weighted by atomic mass is 32.1. The molecular formula is C18H19N3OS. The van der Waals surface area contributed by atoms with Crippen molar-refractivity contribution < 1.29 is 4.79 Å². The SMILES string of the molecule is Cc1cc(NC(=O)CCc2cccs2)n(Cc2ccccc2)n1. The molecule has 3 aromatic rings. The predicted molar refractivity (Wildman–Crippen MR) is 93.8 cm³/mol. The number of aryl methyl sites for hydroxylation is 2. The van der Waals surface area contributed by atoms with E-state index >= 15 is 0 Å². The molecule has 5 heteroatoms. The molecule has 23 heavy (non-hydrogen) atoms. The van der Waals surface area contributed by atoms with Crippen LogP contribution in [0.1, 0.15) is 22.6 Å². The van der Waals surface area contributed by atoms with Crippen molar-refractivity contribution in [3.63, 3.8) is 0 Å². The summed E-state index contributed by atoms with van der Waals surface area (Å²) in [5, 5.41) is 9.49. The van der Waals surface area contributed by atoms with E-state index in [4.69, 9.17) is 0 Å². The number of amides is 1. The second-order valence-electron chi connectivity index (χ2n) is 5.44. The Balaban J connectivity index is 1.64. The molecule has 118 valence electrons. The van der Waals surface area contributed by atoms with Crippen LogP contribution in [0, 0.1) is 6.92 Å². The van der Waals surface area contributed by atoms with E-state index in [2.05, 4.69) is 28.6 Å². The molecule has 0 radical (unpaired) electrons. The van der Waals surface area contributed by atoms with Crippen molar-refractivity contribution in [1.29, 1.82) is 0 Å². The van der Waals surface area contributed by atoms with Crippen LogP contribution in [0.3, 0.4) is 0 Å². The lowest BCUT2D eigenvalue weighted by molar-refractivity contribution is -0.116. The number of hydrogen-bond donors (Lipinski definition) is 1. The smallest absolute Gasteiger partial charge is 0.225 e. The van der Waals surface area contributed by atoms with E-state index in [1.807, 2.05) is 47.3 Å². The van der Waals surface area contributed by atoms with Crippen LogP contribution in [0.25, 0.3) is 0 Å². The Morgan fingerprint density at radius 1 is 1.22 bits per heavy atom. The van der Waals surface area contributed by atoms with Crippen LogP contribution < -0.4 is 5.32 Å². The van der Waals surface area contributed by atoms with Crippen molar-refractivity contribution in [2.45, 2.75) is 26.3 Å². The molecule has 0 unspecified atom stereocenters. The quantitative estimate of drug-likeness (QED) is 0.748. The lowest BCUT2D eigenvalue weighted by atomic mass is 10.2. The highest BCUT2D eigenvalue weighted by Gasteiger charge is 2.10. The molecule has 0 aliphatic rings. The Kier molecular flexibility index (Phi) is 4.88. The summed E-state index contributed by atoms with van der Waals surface area (Å²) >= 11 is 1.68. The van der Waals surface area contributed by atoms with E-state index < -0.39 is 0 Å². The van der Waals surface area contributed by atoms with Gasteiger partial charge in [-0.3, -0.25) is 4.79 Å². The van der Waals surface area contributed by atoms with E-state index in [1.54, 1.807) is 11.3 Å². The molecule has 3 rings (SSSR count). The lowest BCUT2D eigenvalue weighted by Crippen LogP contribution is -2.16. The van der Waals surface area contributed by atoms with Crippen LogP contribution in [0.15, 0.2) is 53.9 Å². The maximum atomic E-state index is 12.2. The summed E-state index contributed by atoms with van der Waals surface area (Å²) in [4.78, 5) is 13.4. The highest BCUT2D eigenvalue weighted by Crippen LogP contribution is 2.15. The fraction of sp³-hybridized carbons (Fsp3) is 0.222. The first-order valence-electron chi connectivity index (χ1n) is 7.61. The predicted octanol–water partition coefficient (Wildman–Crippen LogP) is 3.87. The van der Waals surface area contributed by atoms with Crippen molar-refractivity contribution in [1.82, 2.24) is 9.78 Å². The largest absolute Gasteiger partial charge is 0.311 e. The van der Waals surface area contributed by atoms with Crippen molar-refractivity contribution in [3.8, 4) is 0 Å². The number of carbonyl (C=O) groups excluding carboxylic acids is 1. The molecule has 0 aliphatic carbocycles. The Hall–Kier alpha value is -2.40. The molecule has 0 fully saturated rings. The van der Waals surface area contributed by atoms with Crippen molar-refractivity contribution in [2.75, 3.05) is 5.32 Å². The van der Waals surface area contributed by atoms with E-state index in [9.17, 15) is 4.79 Å². The minimum atomic E-state index is 0.0209. The van der Waals surface area contributed by atoms with Crippen molar-refractivity contribution >= 4 is 23.1 Å². The second-order valence-corrected chi connectivity index (χ2v) is 6.47. The maximum Gasteiger partial charge on any atom is 0.225 e. The molecule has 0 saturated carbocycles. The minimum absolute atomic E-state index is 0.0209. The maximum absolute atomic E-state index is 12.2. The minimum Gasteiger partial charge on any atom is -0.311 e. The molecule has 0 aliphatic heterocycles. The third kappa shape index (κ3) is 4.29. The summed E-state index contributed by atoms with van der Waals surface area (Å²) in [7, 11) is 0. The van der Waals surface area contributed by atoms with Gasteiger partial charge in [-0.2, -0.15) is 5.10 Å². The van der Waals surface area contributed by atoms with Gasteiger partial charge in [0.15, 0.2) is 0 Å². The van der Waals surface area contributed by atoms with E-state index in [1.165, 1.54) is 4.88 Å². The molecule has 4 nitrogen and oxygen atoms in total. The van der Waals surface area contributed by atoms with Crippen molar-refractivity contribution in [3.05, 3.63) is 70.0 Å². The molecule has 1 amide bonds. The summed E-state index contributed by atoms with van der Waals surface area (Å²) in [5.74, 6) is 0.773. The number of rotatable bonds is 6. The number of nitrogens with zero attached hydrogens (tertiary/aromatic N) is 2. The van der Waals surface area contributed by atoms with E-state index in [0.29, 0.717) is 13.0 Å². The van der Waals surface area contributed by atoms with E-state index in [-0.39, 0.29) is 5.91 Å². The molecule has 2 aromatic heterocycles. The standard InChI is InChI=1S/C18H19N3OS/c1-14-12-17(19-18(22)10-9-16-8-5-11-23-16)21(20-14)13-15-6-3-2-4-7-15/h2-8,11-12H,9-10,13H2,1H3,(H,19,22). The number of benzene rings is 1. The molecule has 2 heterocycles. The lowest BCUT2D eigenvalue weighted by Gasteiger charge is -2.09. The number of thiophene rings is 1. The summed E-state index contributed by atoms with van der Waals surface area (Å²) in [6.07, 6.45) is 1.26. The Morgan fingerprint density at radius 3 is 2.78 bits per heavy atom. The van der Waals surface area contributed by atoms with Gasteiger partial charge in [-0.05, 0) is 30.4 Å². The molecule has 1 N–H and O–H groups in total. The molecular weight excluding hydrogens is 306 g/mol. The van der Waals surface area contributed by atoms with Gasteiger partial charge >= 0.3 is 0 Å². The number of aromatic nitrogens is 2. The number of anilines is 1. The van der Waals surface area contributed by atoms with Gasteiger partial charge in [-0.1, -0.05) is 36.4 Å². The monoisotopic (exact) mass is 325 g/mol. The van der Waals surface area contributed by atoms with Crippen LogP contribution in [-0.2, 0) is 17.8 Å². The van der Waals surface area contributed by atoms with Crippen LogP contribution in [0.2, 0.25) is 0 Å². The van der Waals surface area contributed by atoms with Gasteiger partial charge in [0, 0.05) is 17.4 Å². The summed E-state index contributed by atoms with van der Waals surface area (Å²) < 4.78 is 1.84. The first kappa shape index (κ1) is 15.5. The van der Waals surface area contributed by atoms with Crippen LogP contribution >= 0.6 is 11.3 Å². The number of carbonyl (C=O) groups is 1. The fourth-order valence-corrected chi connectivity index (χ4v) is 3.13. The third-order valence-corrected chi connectivity index (χ3v) is 4.46. The average Bonchev–Trinajstić information content (AvgIpc) is 3.17. The van der Waals surface area contributed by atoms with Gasteiger partial charge in [0.1, 0.15) is 5.82 Å². The fourth-order valence-electron chi connectivity index (χ4n) is 2.42. The first-order valence-corrected chi connectivity index (χ1v) is 8.49. The van der Waals surface area contributed by atoms with Gasteiger partial charge in [0.05, 0.1) is 12.2 Å². The van der Waals surface area contributed by atoms with Gasteiger partial charge < -0.3 is 5.32 Å². The summed E-state index contributed by atoms with van der Waals surface area (Å²) in [5.41, 5.74) is 2.05. The Labute approximate surface area is 139 Å². The molecule has 0 atom stereocenters. The average molecular weight is 325 g/mol. The Morgan fingerprint density at radius 2 is 2.04 bits per heavy atom. The zero-order valence-corrected chi connectivity index (χ0v) is 13.8. The van der Waals surface area contributed by atoms with Crippen LogP contribution in [0.5, 0.6) is 0 Å². The van der Waals surface area contributed by atoms with Gasteiger partial charge in [-0.25, -0.2) is 4.68 Å². The second kappa shape index (κ2) is 7.24. The highest BCUT2D eigenvalue weighted by molar-refractivity contribution is 7.09. The first-order chi connectivity index (χ1) is 11.2. The Bertz CT molecular complexity index is 763. The zero-order valence-electron chi connectivity index (χ0n) is 13.0. The van der Waals surface area contributed by atoms with E-state index in [0.717, 1.165) is 23.5 Å². The summed E-state index contributed by atoms with van der Waals surface area (Å²) in [6.45, 7) is 2.58. The van der Waals surface area contributed by atoms with Crippen LogP contribution in [-0.4, -0.2) is 15.7 Å². The number of hydrogen-bond acceptors (Lipinski definition) is 3. The van der Waals surface area contributed by atoms with Crippen molar-refractivity contribution in [2.24, 2.45) is 0 Å².